The number of imidazole rings is 1. The van der Waals surface area contributed by atoms with Crippen LogP contribution in [0.25, 0.3) is 27.6 Å². The SMILES string of the molecule is C=Nc1nc2ccc(Cl)cc2c2c1ncn2-c1ccccc1Cl. The molecular formula is C17H10Cl2N4. The number of rotatable bonds is 2. The molecule has 2 aromatic heterocycles. The molecule has 6 heteroatoms. The fourth-order valence-corrected chi connectivity index (χ4v) is 3.07. The number of aromatic nitrogens is 3. The maximum atomic E-state index is 6.35. The van der Waals surface area contributed by atoms with Crippen LogP contribution in [0, 0.1) is 0 Å². The van der Waals surface area contributed by atoms with Crippen molar-refractivity contribution in [2.75, 3.05) is 0 Å². The summed E-state index contributed by atoms with van der Waals surface area (Å²) >= 11 is 12.5. The fourth-order valence-electron chi connectivity index (χ4n) is 2.67. The number of aliphatic imine (C=N–C) groups is 1. The minimum atomic E-state index is 0.487. The highest BCUT2D eigenvalue weighted by Gasteiger charge is 2.15. The van der Waals surface area contributed by atoms with Crippen molar-refractivity contribution in [2.24, 2.45) is 4.99 Å². The first-order chi connectivity index (χ1) is 11.2. The molecule has 4 aromatic rings. The summed E-state index contributed by atoms with van der Waals surface area (Å²) in [5.41, 5.74) is 3.12. The molecule has 112 valence electrons. The summed E-state index contributed by atoms with van der Waals surface area (Å²) in [7, 11) is 0. The molecule has 0 amide bonds. The van der Waals surface area contributed by atoms with Crippen molar-refractivity contribution in [1.29, 1.82) is 0 Å². The van der Waals surface area contributed by atoms with Crippen LogP contribution in [-0.2, 0) is 0 Å². The van der Waals surface area contributed by atoms with Crippen LogP contribution in [0.3, 0.4) is 0 Å². The molecule has 4 rings (SSSR count). The van der Waals surface area contributed by atoms with E-state index in [1.807, 2.05) is 41.0 Å². The van der Waals surface area contributed by atoms with Crippen molar-refractivity contribution in [3.63, 3.8) is 0 Å². The lowest BCUT2D eigenvalue weighted by Gasteiger charge is -2.09. The molecule has 4 nitrogen and oxygen atoms in total. The van der Waals surface area contributed by atoms with Crippen LogP contribution in [0.5, 0.6) is 0 Å². The van der Waals surface area contributed by atoms with Gasteiger partial charge in [0, 0.05) is 10.4 Å². The van der Waals surface area contributed by atoms with Crippen LogP contribution in [0.4, 0.5) is 5.82 Å². The van der Waals surface area contributed by atoms with E-state index in [9.17, 15) is 0 Å². The molecule has 0 N–H and O–H groups in total. The standard InChI is InChI=1S/C17H10Cl2N4/c1-20-17-15-16(11-8-10(18)6-7-13(11)22-17)23(9-21-15)14-5-3-2-4-12(14)19/h2-9H,1H2. The van der Waals surface area contributed by atoms with E-state index in [1.165, 1.54) is 0 Å². The van der Waals surface area contributed by atoms with Crippen LogP contribution in [0.15, 0.2) is 53.8 Å². The van der Waals surface area contributed by atoms with E-state index in [2.05, 4.69) is 21.7 Å². The molecule has 0 unspecified atom stereocenters. The Balaban J connectivity index is 2.21. The summed E-state index contributed by atoms with van der Waals surface area (Å²) in [6, 6.07) is 13.1. The van der Waals surface area contributed by atoms with Gasteiger partial charge in [-0.1, -0.05) is 35.3 Å². The fraction of sp³-hybridized carbons (Fsp3) is 0. The zero-order chi connectivity index (χ0) is 16.0. The monoisotopic (exact) mass is 340 g/mol. The van der Waals surface area contributed by atoms with Crippen molar-refractivity contribution in [1.82, 2.24) is 14.5 Å². The summed E-state index contributed by atoms with van der Waals surface area (Å²) in [6.45, 7) is 3.59. The van der Waals surface area contributed by atoms with Gasteiger partial charge in [0.05, 0.1) is 21.7 Å². The van der Waals surface area contributed by atoms with Gasteiger partial charge in [-0.2, -0.15) is 0 Å². The average molecular weight is 341 g/mol. The smallest absolute Gasteiger partial charge is 0.180 e. The number of benzene rings is 2. The Morgan fingerprint density at radius 3 is 2.70 bits per heavy atom. The van der Waals surface area contributed by atoms with Crippen molar-refractivity contribution in [3.8, 4) is 5.69 Å². The van der Waals surface area contributed by atoms with Crippen LogP contribution < -0.4 is 0 Å². The van der Waals surface area contributed by atoms with Gasteiger partial charge in [-0.25, -0.2) is 15.0 Å². The number of nitrogens with zero attached hydrogens (tertiary/aromatic N) is 4. The molecule has 2 heterocycles. The molecule has 0 saturated heterocycles. The van der Waals surface area contributed by atoms with Crippen molar-refractivity contribution < 1.29 is 0 Å². The number of halogens is 2. The maximum absolute atomic E-state index is 6.35. The Morgan fingerprint density at radius 1 is 1.09 bits per heavy atom. The van der Waals surface area contributed by atoms with Crippen LogP contribution in [0.1, 0.15) is 0 Å². The van der Waals surface area contributed by atoms with Crippen LogP contribution in [-0.4, -0.2) is 21.3 Å². The molecule has 0 aliphatic heterocycles. The molecule has 0 atom stereocenters. The van der Waals surface area contributed by atoms with Gasteiger partial charge in [-0.3, -0.25) is 4.57 Å². The number of pyridine rings is 1. The largest absolute Gasteiger partial charge is 0.296 e. The highest BCUT2D eigenvalue weighted by Crippen LogP contribution is 2.34. The van der Waals surface area contributed by atoms with Crippen molar-refractivity contribution in [3.05, 3.63) is 58.8 Å². The van der Waals surface area contributed by atoms with E-state index in [-0.39, 0.29) is 0 Å². The van der Waals surface area contributed by atoms with Gasteiger partial charge in [0.1, 0.15) is 11.8 Å². The first kappa shape index (κ1) is 14.2. The minimum absolute atomic E-state index is 0.487. The summed E-state index contributed by atoms with van der Waals surface area (Å²) in [4.78, 5) is 12.9. The molecule has 23 heavy (non-hydrogen) atoms. The molecule has 2 aromatic carbocycles. The lowest BCUT2D eigenvalue weighted by atomic mass is 10.1. The Morgan fingerprint density at radius 2 is 1.91 bits per heavy atom. The third-order valence-corrected chi connectivity index (χ3v) is 4.24. The summed E-state index contributed by atoms with van der Waals surface area (Å²) in [5.74, 6) is 0.487. The second kappa shape index (κ2) is 5.33. The number of hydrogen-bond donors (Lipinski definition) is 0. The minimum Gasteiger partial charge on any atom is -0.296 e. The molecule has 0 aliphatic carbocycles. The van der Waals surface area contributed by atoms with Gasteiger partial charge in [0.25, 0.3) is 0 Å². The number of fused-ring (bicyclic) bond motifs is 3. The zero-order valence-corrected chi connectivity index (χ0v) is 13.4. The second-order valence-corrected chi connectivity index (χ2v) is 5.86. The first-order valence-corrected chi connectivity index (χ1v) is 7.62. The maximum Gasteiger partial charge on any atom is 0.180 e. The molecule has 0 saturated carbocycles. The topological polar surface area (TPSA) is 43.1 Å². The Labute approximate surface area is 142 Å². The summed E-state index contributed by atoms with van der Waals surface area (Å²) < 4.78 is 1.92. The average Bonchev–Trinajstić information content (AvgIpc) is 3.00. The predicted molar refractivity (Wildman–Crippen MR) is 95.6 cm³/mol. The van der Waals surface area contributed by atoms with Crippen LogP contribution in [0.2, 0.25) is 10.0 Å². The third kappa shape index (κ3) is 2.19. The number of hydrogen-bond acceptors (Lipinski definition) is 3. The Hall–Kier alpha value is -2.43. The highest BCUT2D eigenvalue weighted by molar-refractivity contribution is 6.33. The lowest BCUT2D eigenvalue weighted by molar-refractivity contribution is 1.10. The Kier molecular flexibility index (Phi) is 3.29. The van der Waals surface area contributed by atoms with E-state index in [0.29, 0.717) is 21.4 Å². The summed E-state index contributed by atoms with van der Waals surface area (Å²) in [6.07, 6.45) is 1.71. The van der Waals surface area contributed by atoms with Gasteiger partial charge in [-0.05, 0) is 37.0 Å². The van der Waals surface area contributed by atoms with Crippen molar-refractivity contribution >= 4 is 57.7 Å². The van der Waals surface area contributed by atoms with Crippen LogP contribution >= 0.6 is 23.2 Å². The van der Waals surface area contributed by atoms with Gasteiger partial charge in [0.2, 0.25) is 0 Å². The molecule has 0 radical (unpaired) electrons. The first-order valence-electron chi connectivity index (χ1n) is 6.87. The third-order valence-electron chi connectivity index (χ3n) is 3.68. The summed E-state index contributed by atoms with van der Waals surface area (Å²) in [5, 5.41) is 2.15. The second-order valence-electron chi connectivity index (χ2n) is 5.02. The molecule has 0 aliphatic rings. The quantitative estimate of drug-likeness (QED) is 0.470. The highest BCUT2D eigenvalue weighted by atomic mass is 35.5. The molecular weight excluding hydrogens is 331 g/mol. The molecule has 0 bridgehead atoms. The van der Waals surface area contributed by atoms with E-state index in [4.69, 9.17) is 23.2 Å². The van der Waals surface area contributed by atoms with E-state index < -0.39 is 0 Å². The van der Waals surface area contributed by atoms with E-state index in [0.717, 1.165) is 22.1 Å². The van der Waals surface area contributed by atoms with Gasteiger partial charge >= 0.3 is 0 Å². The van der Waals surface area contributed by atoms with E-state index in [1.54, 1.807) is 12.4 Å². The van der Waals surface area contributed by atoms with Gasteiger partial charge < -0.3 is 0 Å². The predicted octanol–water partition coefficient (Wildman–Crippen LogP) is 5.21. The lowest BCUT2D eigenvalue weighted by Crippen LogP contribution is -1.94. The molecule has 0 fully saturated rings. The van der Waals surface area contributed by atoms with Gasteiger partial charge in [0.15, 0.2) is 5.82 Å². The molecule has 0 spiro atoms. The van der Waals surface area contributed by atoms with Gasteiger partial charge in [-0.15, -0.1) is 0 Å². The number of para-hydroxylation sites is 1. The normalized spacial score (nSPS) is 11.2. The van der Waals surface area contributed by atoms with E-state index >= 15 is 0 Å². The zero-order valence-electron chi connectivity index (χ0n) is 11.9. The Bertz CT molecular complexity index is 1070. The van der Waals surface area contributed by atoms with Crippen molar-refractivity contribution in [2.45, 2.75) is 0 Å².